The fourth-order valence-corrected chi connectivity index (χ4v) is 2.66. The molecule has 0 aliphatic rings. The van der Waals surface area contributed by atoms with Crippen molar-refractivity contribution in [1.82, 2.24) is 14.1 Å². The highest BCUT2D eigenvalue weighted by Crippen LogP contribution is 2.26. The molecule has 0 aliphatic carbocycles. The number of ether oxygens (including phenoxy) is 1. The minimum Gasteiger partial charge on any atom is -0.492 e. The molecule has 3 rings (SSSR count). The maximum atomic E-state index is 13.4. The Morgan fingerprint density at radius 1 is 1.22 bits per heavy atom. The Morgan fingerprint density at radius 2 is 1.96 bits per heavy atom. The molecule has 9 heteroatoms. The Labute approximate surface area is 152 Å². The van der Waals surface area contributed by atoms with Gasteiger partial charge in [0.2, 0.25) is 0 Å². The molecule has 2 aromatic heterocycles. The molecule has 2 heterocycles. The minimum atomic E-state index is -0.549. The topological polar surface area (TPSA) is 95.2 Å². The van der Waals surface area contributed by atoms with E-state index in [4.69, 9.17) is 4.74 Å². The number of anilines is 1. The van der Waals surface area contributed by atoms with Crippen LogP contribution in [0.15, 0.2) is 40.1 Å². The van der Waals surface area contributed by atoms with E-state index in [9.17, 15) is 18.8 Å². The van der Waals surface area contributed by atoms with E-state index in [-0.39, 0.29) is 28.0 Å². The number of aryl methyl sites for hydroxylation is 1. The Kier molecular flexibility index (Phi) is 4.76. The maximum absolute atomic E-state index is 13.4. The van der Waals surface area contributed by atoms with Crippen molar-refractivity contribution in [3.63, 3.8) is 0 Å². The van der Waals surface area contributed by atoms with Gasteiger partial charge in [-0.05, 0) is 25.1 Å². The summed E-state index contributed by atoms with van der Waals surface area (Å²) in [6, 6.07) is 5.12. The lowest BCUT2D eigenvalue weighted by molar-refractivity contribution is 0.102. The first-order valence-corrected chi connectivity index (χ1v) is 8.13. The maximum Gasteiger partial charge on any atom is 0.332 e. The van der Waals surface area contributed by atoms with Gasteiger partial charge in [-0.2, -0.15) is 0 Å². The summed E-state index contributed by atoms with van der Waals surface area (Å²) in [6.45, 7) is 2.04. The number of pyridine rings is 1. The molecule has 3 aromatic rings. The number of aromatic nitrogens is 3. The van der Waals surface area contributed by atoms with Crippen molar-refractivity contribution in [2.45, 2.75) is 6.92 Å². The van der Waals surface area contributed by atoms with E-state index in [0.29, 0.717) is 6.61 Å². The van der Waals surface area contributed by atoms with Gasteiger partial charge in [0.25, 0.3) is 11.5 Å². The second-order valence-corrected chi connectivity index (χ2v) is 5.83. The lowest BCUT2D eigenvalue weighted by Crippen LogP contribution is -2.37. The van der Waals surface area contributed by atoms with Gasteiger partial charge in [0, 0.05) is 26.4 Å². The van der Waals surface area contributed by atoms with Gasteiger partial charge in [-0.1, -0.05) is 0 Å². The molecule has 140 valence electrons. The number of benzene rings is 1. The zero-order valence-corrected chi connectivity index (χ0v) is 14.9. The van der Waals surface area contributed by atoms with Crippen molar-refractivity contribution in [1.29, 1.82) is 0 Å². The summed E-state index contributed by atoms with van der Waals surface area (Å²) in [6.07, 6.45) is 1.26. The molecule has 1 aromatic carbocycles. The van der Waals surface area contributed by atoms with Gasteiger partial charge in [-0.25, -0.2) is 14.2 Å². The quantitative estimate of drug-likeness (QED) is 0.747. The smallest absolute Gasteiger partial charge is 0.332 e. The van der Waals surface area contributed by atoms with Crippen LogP contribution in [0.5, 0.6) is 5.75 Å². The lowest BCUT2D eigenvalue weighted by Gasteiger charge is -2.12. The third-order valence-corrected chi connectivity index (χ3v) is 4.05. The molecule has 0 radical (unpaired) electrons. The second kappa shape index (κ2) is 7.02. The molecule has 1 N–H and O–H groups in total. The van der Waals surface area contributed by atoms with E-state index in [1.54, 1.807) is 6.92 Å². The summed E-state index contributed by atoms with van der Waals surface area (Å²) < 4.78 is 20.9. The predicted octanol–water partition coefficient (Wildman–Crippen LogP) is 1.42. The summed E-state index contributed by atoms with van der Waals surface area (Å²) in [4.78, 5) is 40.9. The average molecular weight is 372 g/mol. The number of nitrogens with zero attached hydrogens (tertiary/aromatic N) is 3. The van der Waals surface area contributed by atoms with Crippen LogP contribution < -0.4 is 21.3 Å². The Bertz CT molecular complexity index is 1170. The monoisotopic (exact) mass is 372 g/mol. The molecule has 0 bridgehead atoms. The Balaban J connectivity index is 2.03. The predicted molar refractivity (Wildman–Crippen MR) is 97.7 cm³/mol. The molecular weight excluding hydrogens is 355 g/mol. The number of fused-ring (bicyclic) bond motifs is 1. The Hall–Kier alpha value is -3.49. The fraction of sp³-hybridized carbons (Fsp3) is 0.222. The summed E-state index contributed by atoms with van der Waals surface area (Å²) in [7, 11) is 2.84. The van der Waals surface area contributed by atoms with E-state index in [0.717, 1.165) is 4.57 Å². The van der Waals surface area contributed by atoms with Crippen LogP contribution in [-0.2, 0) is 14.1 Å². The number of hydrogen-bond donors (Lipinski definition) is 1. The zero-order chi connectivity index (χ0) is 19.7. The Morgan fingerprint density at radius 3 is 2.67 bits per heavy atom. The van der Waals surface area contributed by atoms with Gasteiger partial charge in [0.05, 0.1) is 23.2 Å². The molecule has 0 saturated carbocycles. The molecule has 1 amide bonds. The summed E-state index contributed by atoms with van der Waals surface area (Å²) in [5.41, 5.74) is -0.477. The minimum absolute atomic E-state index is 0.116. The van der Waals surface area contributed by atoms with Crippen LogP contribution in [0.4, 0.5) is 10.1 Å². The van der Waals surface area contributed by atoms with E-state index in [2.05, 4.69) is 10.3 Å². The van der Waals surface area contributed by atoms with E-state index < -0.39 is 23.0 Å². The number of amides is 1. The second-order valence-electron chi connectivity index (χ2n) is 5.83. The zero-order valence-electron chi connectivity index (χ0n) is 14.9. The first-order valence-electron chi connectivity index (χ1n) is 8.13. The van der Waals surface area contributed by atoms with Crippen molar-refractivity contribution in [2.75, 3.05) is 11.9 Å². The van der Waals surface area contributed by atoms with Gasteiger partial charge < -0.3 is 10.1 Å². The van der Waals surface area contributed by atoms with Gasteiger partial charge in [0.15, 0.2) is 0 Å². The van der Waals surface area contributed by atoms with E-state index in [1.807, 2.05) is 0 Å². The number of hydrogen-bond acceptors (Lipinski definition) is 5. The van der Waals surface area contributed by atoms with Crippen LogP contribution >= 0.6 is 0 Å². The van der Waals surface area contributed by atoms with Crippen LogP contribution in [0.1, 0.15) is 17.3 Å². The van der Waals surface area contributed by atoms with Crippen molar-refractivity contribution in [3.8, 4) is 5.75 Å². The third kappa shape index (κ3) is 3.31. The van der Waals surface area contributed by atoms with Crippen LogP contribution in [0.3, 0.4) is 0 Å². The van der Waals surface area contributed by atoms with Crippen molar-refractivity contribution < 1.29 is 13.9 Å². The number of nitrogens with one attached hydrogen (secondary N) is 1. The van der Waals surface area contributed by atoms with Crippen LogP contribution in [0.25, 0.3) is 11.0 Å². The number of carbonyl (C=O) groups is 1. The normalized spacial score (nSPS) is 10.8. The van der Waals surface area contributed by atoms with Gasteiger partial charge in [-0.15, -0.1) is 0 Å². The lowest BCUT2D eigenvalue weighted by atomic mass is 10.2. The van der Waals surface area contributed by atoms with Crippen molar-refractivity contribution in [2.24, 2.45) is 14.1 Å². The summed E-state index contributed by atoms with van der Waals surface area (Å²) in [5.74, 6) is -0.848. The average Bonchev–Trinajstić information content (AvgIpc) is 2.66. The molecule has 0 saturated heterocycles. The van der Waals surface area contributed by atoms with E-state index in [1.165, 1.54) is 49.1 Å². The molecular formula is C18H17FN4O4. The van der Waals surface area contributed by atoms with Crippen molar-refractivity contribution in [3.05, 3.63) is 62.7 Å². The number of rotatable bonds is 4. The van der Waals surface area contributed by atoms with Crippen LogP contribution in [0, 0.1) is 5.82 Å². The third-order valence-electron chi connectivity index (χ3n) is 4.05. The number of carbonyl (C=O) groups excluding carboxylic acids is 1. The van der Waals surface area contributed by atoms with Crippen LogP contribution in [-0.4, -0.2) is 26.6 Å². The van der Waals surface area contributed by atoms with Gasteiger partial charge in [0.1, 0.15) is 17.2 Å². The standard InChI is InChI=1S/C18H17FN4O4/c1-4-27-14-8-11(19)5-6-13(14)21-16(24)10-7-12-15(20-9-10)22(2)18(26)23(3)17(12)25/h5-9H,4H2,1-3H3,(H,21,24). The highest BCUT2D eigenvalue weighted by molar-refractivity contribution is 6.06. The first kappa shape index (κ1) is 18.3. The highest BCUT2D eigenvalue weighted by atomic mass is 19.1. The van der Waals surface area contributed by atoms with Gasteiger partial charge >= 0.3 is 5.69 Å². The van der Waals surface area contributed by atoms with Crippen LogP contribution in [0.2, 0.25) is 0 Å². The molecule has 27 heavy (non-hydrogen) atoms. The SMILES string of the molecule is CCOc1cc(F)ccc1NC(=O)c1cnc2c(c1)c(=O)n(C)c(=O)n2C. The first-order chi connectivity index (χ1) is 12.8. The van der Waals surface area contributed by atoms with E-state index >= 15 is 0 Å². The molecule has 8 nitrogen and oxygen atoms in total. The molecule has 0 aliphatic heterocycles. The summed E-state index contributed by atoms with van der Waals surface area (Å²) >= 11 is 0. The van der Waals surface area contributed by atoms with Crippen molar-refractivity contribution >= 4 is 22.6 Å². The largest absolute Gasteiger partial charge is 0.492 e. The summed E-state index contributed by atoms with van der Waals surface area (Å²) in [5, 5.41) is 2.75. The van der Waals surface area contributed by atoms with Gasteiger partial charge in [-0.3, -0.25) is 18.7 Å². The molecule has 0 spiro atoms. The highest BCUT2D eigenvalue weighted by Gasteiger charge is 2.15. The molecule has 0 fully saturated rings. The molecule has 0 unspecified atom stereocenters. The fourth-order valence-electron chi connectivity index (χ4n) is 2.66. The number of halogens is 1. The molecule has 0 atom stereocenters.